The van der Waals surface area contributed by atoms with E-state index in [1.807, 2.05) is 11.8 Å². The first-order valence-corrected chi connectivity index (χ1v) is 7.92. The number of nitrogens with zero attached hydrogens (tertiary/aromatic N) is 2. The summed E-state index contributed by atoms with van der Waals surface area (Å²) in [5, 5.41) is 9.66. The molecule has 2 rings (SSSR count). The number of hydrogen-bond donors (Lipinski definition) is 1. The van der Waals surface area contributed by atoms with Crippen LogP contribution in [0.3, 0.4) is 0 Å². The van der Waals surface area contributed by atoms with Crippen LogP contribution in [0.5, 0.6) is 0 Å². The van der Waals surface area contributed by atoms with Crippen LogP contribution in [0.2, 0.25) is 0 Å². The fraction of sp³-hybridized carbons (Fsp3) is 0.867. The lowest BCUT2D eigenvalue weighted by molar-refractivity contribution is -0.148. The molecule has 0 aromatic carbocycles. The minimum atomic E-state index is -0.960. The molecule has 2 aliphatic heterocycles. The molecular formula is C15H26N2O3. The van der Waals surface area contributed by atoms with Gasteiger partial charge in [-0.1, -0.05) is 26.2 Å². The van der Waals surface area contributed by atoms with Gasteiger partial charge in [0.2, 0.25) is 0 Å². The van der Waals surface area contributed by atoms with Crippen molar-refractivity contribution in [3.63, 3.8) is 0 Å². The fourth-order valence-corrected chi connectivity index (χ4v) is 3.59. The Morgan fingerprint density at radius 2 is 1.70 bits per heavy atom. The van der Waals surface area contributed by atoms with Crippen LogP contribution < -0.4 is 0 Å². The van der Waals surface area contributed by atoms with Crippen LogP contribution in [-0.2, 0) is 4.79 Å². The Morgan fingerprint density at radius 1 is 1.05 bits per heavy atom. The molecule has 0 aliphatic carbocycles. The zero-order valence-electron chi connectivity index (χ0n) is 12.4. The summed E-state index contributed by atoms with van der Waals surface area (Å²) in [7, 11) is 0. The van der Waals surface area contributed by atoms with Gasteiger partial charge < -0.3 is 14.9 Å². The Balaban J connectivity index is 2.15. The van der Waals surface area contributed by atoms with E-state index in [2.05, 4.69) is 0 Å². The Bertz CT molecular complexity index is 364. The van der Waals surface area contributed by atoms with Gasteiger partial charge in [-0.05, 0) is 32.1 Å². The number of hydrogen-bond acceptors (Lipinski definition) is 2. The topological polar surface area (TPSA) is 60.9 Å². The van der Waals surface area contributed by atoms with E-state index in [9.17, 15) is 14.7 Å². The zero-order valence-corrected chi connectivity index (χ0v) is 12.4. The summed E-state index contributed by atoms with van der Waals surface area (Å²) in [5.74, 6) is -0.833. The second kappa shape index (κ2) is 6.46. The molecule has 2 amide bonds. The van der Waals surface area contributed by atoms with Gasteiger partial charge >= 0.3 is 12.0 Å². The number of aliphatic carboxylic acids is 1. The summed E-state index contributed by atoms with van der Waals surface area (Å²) in [5.41, 5.74) is -0.960. The van der Waals surface area contributed by atoms with Gasteiger partial charge in [-0.3, -0.25) is 0 Å². The van der Waals surface area contributed by atoms with Crippen molar-refractivity contribution in [2.45, 2.75) is 63.8 Å². The maximum Gasteiger partial charge on any atom is 0.329 e. The summed E-state index contributed by atoms with van der Waals surface area (Å²) in [4.78, 5) is 28.0. The molecule has 1 unspecified atom stereocenters. The first kappa shape index (κ1) is 15.1. The second-order valence-electron chi connectivity index (χ2n) is 6.03. The molecule has 2 aliphatic rings. The van der Waals surface area contributed by atoms with Crippen LogP contribution in [0.4, 0.5) is 4.79 Å². The maximum absolute atomic E-state index is 12.7. The highest BCUT2D eigenvalue weighted by Gasteiger charge is 2.50. The van der Waals surface area contributed by atoms with Crippen molar-refractivity contribution < 1.29 is 14.7 Å². The van der Waals surface area contributed by atoms with E-state index in [-0.39, 0.29) is 6.03 Å². The molecule has 1 atom stereocenters. The lowest BCUT2D eigenvalue weighted by Gasteiger charge is -2.37. The second-order valence-corrected chi connectivity index (χ2v) is 6.03. The van der Waals surface area contributed by atoms with Gasteiger partial charge in [-0.25, -0.2) is 9.59 Å². The van der Waals surface area contributed by atoms with Gasteiger partial charge in [0.15, 0.2) is 0 Å². The molecule has 0 radical (unpaired) electrons. The Hall–Kier alpha value is -1.26. The van der Waals surface area contributed by atoms with Crippen molar-refractivity contribution in [1.29, 1.82) is 0 Å². The van der Waals surface area contributed by atoms with Gasteiger partial charge in [0.1, 0.15) is 5.54 Å². The van der Waals surface area contributed by atoms with Gasteiger partial charge in [0.25, 0.3) is 0 Å². The molecule has 0 aromatic rings. The Labute approximate surface area is 120 Å². The lowest BCUT2D eigenvalue weighted by atomic mass is 9.91. The van der Waals surface area contributed by atoms with Crippen LogP contribution in [0.1, 0.15) is 58.3 Å². The number of urea groups is 1. The number of carbonyl (C=O) groups excluding carboxylic acids is 1. The normalized spacial score (nSPS) is 27.4. The van der Waals surface area contributed by atoms with E-state index < -0.39 is 11.5 Å². The van der Waals surface area contributed by atoms with Crippen LogP contribution in [0, 0.1) is 0 Å². The number of carboxylic acids is 1. The van der Waals surface area contributed by atoms with Crippen molar-refractivity contribution in [2.24, 2.45) is 0 Å². The number of carbonyl (C=O) groups is 2. The van der Waals surface area contributed by atoms with Crippen LogP contribution in [-0.4, -0.2) is 52.1 Å². The molecule has 0 spiro atoms. The van der Waals surface area contributed by atoms with Crippen molar-refractivity contribution in [2.75, 3.05) is 19.6 Å². The molecule has 0 aromatic heterocycles. The van der Waals surface area contributed by atoms with Gasteiger partial charge in [0, 0.05) is 19.6 Å². The third kappa shape index (κ3) is 2.76. The number of likely N-dealkylation sites (tertiary alicyclic amines) is 2. The van der Waals surface area contributed by atoms with Crippen molar-refractivity contribution in [3.8, 4) is 0 Å². The molecule has 2 saturated heterocycles. The molecule has 5 nitrogen and oxygen atoms in total. The van der Waals surface area contributed by atoms with Crippen molar-refractivity contribution in [3.05, 3.63) is 0 Å². The predicted molar refractivity (Wildman–Crippen MR) is 76.7 cm³/mol. The van der Waals surface area contributed by atoms with E-state index in [1.165, 1.54) is 12.8 Å². The third-order valence-corrected chi connectivity index (χ3v) is 4.66. The van der Waals surface area contributed by atoms with E-state index >= 15 is 0 Å². The minimum absolute atomic E-state index is 0.0553. The number of carboxylic acid groups (broad SMARTS) is 1. The van der Waals surface area contributed by atoms with E-state index in [0.29, 0.717) is 19.4 Å². The average Bonchev–Trinajstić information content (AvgIpc) is 2.68. The van der Waals surface area contributed by atoms with Crippen LogP contribution in [0.25, 0.3) is 0 Å². The van der Waals surface area contributed by atoms with Gasteiger partial charge in [-0.2, -0.15) is 0 Å². The smallest absolute Gasteiger partial charge is 0.329 e. The highest BCUT2D eigenvalue weighted by molar-refractivity contribution is 5.87. The van der Waals surface area contributed by atoms with Crippen molar-refractivity contribution >= 4 is 12.0 Å². The summed E-state index contributed by atoms with van der Waals surface area (Å²) in [6.45, 7) is 4.12. The molecular weight excluding hydrogens is 256 g/mol. The molecule has 2 heterocycles. The molecule has 0 saturated carbocycles. The fourth-order valence-electron chi connectivity index (χ4n) is 3.59. The molecule has 5 heteroatoms. The molecule has 1 N–H and O–H groups in total. The van der Waals surface area contributed by atoms with Crippen molar-refractivity contribution in [1.82, 2.24) is 9.80 Å². The molecule has 0 bridgehead atoms. The summed E-state index contributed by atoms with van der Waals surface area (Å²) >= 11 is 0. The van der Waals surface area contributed by atoms with E-state index in [0.717, 1.165) is 38.8 Å². The average molecular weight is 282 g/mol. The lowest BCUT2D eigenvalue weighted by Crippen LogP contribution is -2.56. The van der Waals surface area contributed by atoms with Crippen LogP contribution in [0.15, 0.2) is 0 Å². The minimum Gasteiger partial charge on any atom is -0.479 e. The standard InChI is InChI=1S/C15H26N2O3/c1-2-8-15(13(18)19)9-7-12-17(15)14(20)16-10-5-3-4-6-11-16/h2-12H2,1H3,(H,18,19). The predicted octanol–water partition coefficient (Wildman–Crippen LogP) is 2.70. The molecule has 114 valence electrons. The SMILES string of the molecule is CCCC1(C(=O)O)CCCN1C(=O)N1CCCCCC1. The van der Waals surface area contributed by atoms with E-state index in [4.69, 9.17) is 0 Å². The quantitative estimate of drug-likeness (QED) is 0.865. The van der Waals surface area contributed by atoms with E-state index in [1.54, 1.807) is 4.90 Å². The highest BCUT2D eigenvalue weighted by Crippen LogP contribution is 2.35. The van der Waals surface area contributed by atoms with Gasteiger partial charge in [0.05, 0.1) is 0 Å². The first-order valence-electron chi connectivity index (χ1n) is 7.92. The molecule has 20 heavy (non-hydrogen) atoms. The largest absolute Gasteiger partial charge is 0.479 e. The monoisotopic (exact) mass is 282 g/mol. The Morgan fingerprint density at radius 3 is 2.25 bits per heavy atom. The van der Waals surface area contributed by atoms with Crippen LogP contribution >= 0.6 is 0 Å². The zero-order chi connectivity index (χ0) is 14.6. The number of rotatable bonds is 3. The highest BCUT2D eigenvalue weighted by atomic mass is 16.4. The number of amides is 2. The summed E-state index contributed by atoms with van der Waals surface area (Å²) in [6.07, 6.45) is 7.14. The Kier molecular flexibility index (Phi) is 4.89. The van der Waals surface area contributed by atoms with Gasteiger partial charge in [-0.15, -0.1) is 0 Å². The summed E-state index contributed by atoms with van der Waals surface area (Å²) in [6, 6.07) is -0.0553. The third-order valence-electron chi connectivity index (χ3n) is 4.66. The first-order chi connectivity index (χ1) is 9.62. The maximum atomic E-state index is 12.7. The molecule has 2 fully saturated rings. The summed E-state index contributed by atoms with van der Waals surface area (Å²) < 4.78 is 0.